The number of anilines is 4. The predicted octanol–water partition coefficient (Wildman–Crippen LogP) is 4.11. The average molecular weight is 540 g/mol. The number of piperazine rings is 1. The third kappa shape index (κ3) is 5.67. The zero-order valence-electron chi connectivity index (χ0n) is 23.0. The smallest absolute Gasteiger partial charge is 0.257 e. The van der Waals surface area contributed by atoms with Gasteiger partial charge in [0.05, 0.1) is 18.0 Å². The van der Waals surface area contributed by atoms with E-state index >= 15 is 0 Å². The Labute approximate surface area is 232 Å². The van der Waals surface area contributed by atoms with Gasteiger partial charge in [-0.25, -0.2) is 4.98 Å². The fourth-order valence-electron chi connectivity index (χ4n) is 4.75. The van der Waals surface area contributed by atoms with Crippen LogP contribution in [-0.2, 0) is 4.79 Å². The molecule has 0 aliphatic carbocycles. The normalized spacial score (nSPS) is 13.7. The quantitative estimate of drug-likeness (QED) is 0.323. The van der Waals surface area contributed by atoms with Gasteiger partial charge >= 0.3 is 0 Å². The van der Waals surface area contributed by atoms with Crippen LogP contribution < -0.4 is 25.8 Å². The second kappa shape index (κ2) is 11.6. The number of rotatable bonds is 8. The molecule has 0 bridgehead atoms. The molecule has 2 aromatic carbocycles. The number of aryl methyl sites for hydroxylation is 1. The molecule has 0 atom stereocenters. The minimum absolute atomic E-state index is 0.242. The van der Waals surface area contributed by atoms with Gasteiger partial charge in [0.1, 0.15) is 5.75 Å². The van der Waals surface area contributed by atoms with E-state index in [1.165, 1.54) is 10.6 Å². The summed E-state index contributed by atoms with van der Waals surface area (Å²) in [5.41, 5.74) is 3.91. The highest BCUT2D eigenvalue weighted by atomic mass is 16.5. The van der Waals surface area contributed by atoms with Gasteiger partial charge in [-0.3, -0.25) is 14.2 Å². The van der Waals surface area contributed by atoms with Crippen molar-refractivity contribution in [2.24, 2.45) is 0 Å². The molecule has 1 aliphatic rings. The molecule has 1 amide bonds. The number of pyridine rings is 1. The molecule has 5 rings (SSSR count). The Morgan fingerprint density at radius 3 is 2.65 bits per heavy atom. The fourth-order valence-corrected chi connectivity index (χ4v) is 4.75. The Morgan fingerprint density at radius 2 is 1.90 bits per heavy atom. The second-order valence-electron chi connectivity index (χ2n) is 9.70. The van der Waals surface area contributed by atoms with E-state index in [4.69, 9.17) is 9.72 Å². The highest BCUT2D eigenvalue weighted by Gasteiger charge is 2.17. The Morgan fingerprint density at radius 1 is 1.10 bits per heavy atom. The van der Waals surface area contributed by atoms with Crippen molar-refractivity contribution in [3.8, 4) is 11.4 Å². The number of aromatic nitrogens is 3. The van der Waals surface area contributed by atoms with Crippen LogP contribution in [0.15, 0.2) is 72.2 Å². The first-order valence-electron chi connectivity index (χ1n) is 13.3. The number of fused-ring (bicyclic) bond motifs is 1. The zero-order chi connectivity index (χ0) is 28.2. The molecule has 0 spiro atoms. The SMILES string of the molecule is C=CC(=O)Nc1cccc(-n2c(=O)cc(C)c3cnc(Nc4ccc(N5CCN(C)CC5)cc4OCC)nc32)c1. The van der Waals surface area contributed by atoms with Gasteiger partial charge in [-0.15, -0.1) is 0 Å². The highest BCUT2D eigenvalue weighted by Crippen LogP contribution is 2.32. The van der Waals surface area contributed by atoms with Crippen LogP contribution in [0.1, 0.15) is 12.5 Å². The standard InChI is InChI=1S/C30H33N7O3/c1-5-27(38)32-21-8-7-9-23(17-21)37-28(39)16-20(3)24-19-31-30(34-29(24)37)33-25-11-10-22(18-26(25)40-6-2)36-14-12-35(4)13-15-36/h5,7-11,16-19H,1,6,12-15H2,2-4H3,(H,32,38)(H,31,33,34). The largest absolute Gasteiger partial charge is 0.492 e. The molecule has 1 fully saturated rings. The van der Waals surface area contributed by atoms with E-state index in [9.17, 15) is 9.59 Å². The first kappa shape index (κ1) is 26.9. The molecule has 10 nitrogen and oxygen atoms in total. The Hall–Kier alpha value is -4.70. The van der Waals surface area contributed by atoms with Crippen molar-refractivity contribution < 1.29 is 9.53 Å². The minimum atomic E-state index is -0.337. The summed E-state index contributed by atoms with van der Waals surface area (Å²) < 4.78 is 7.50. The lowest BCUT2D eigenvalue weighted by Crippen LogP contribution is -2.44. The van der Waals surface area contributed by atoms with Crippen molar-refractivity contribution >= 4 is 40.0 Å². The molecule has 3 heterocycles. The molecule has 2 aromatic heterocycles. The summed E-state index contributed by atoms with van der Waals surface area (Å²) >= 11 is 0. The number of nitrogens with one attached hydrogen (secondary N) is 2. The lowest BCUT2D eigenvalue weighted by molar-refractivity contribution is -0.111. The Kier molecular flexibility index (Phi) is 7.79. The molecule has 4 aromatic rings. The molecule has 206 valence electrons. The lowest BCUT2D eigenvalue weighted by atomic mass is 10.2. The number of amides is 1. The van der Waals surface area contributed by atoms with Gasteiger partial charge in [0, 0.05) is 61.3 Å². The van der Waals surface area contributed by atoms with Crippen molar-refractivity contribution in [2.75, 3.05) is 55.4 Å². The highest BCUT2D eigenvalue weighted by molar-refractivity contribution is 5.99. The number of nitrogens with zero attached hydrogens (tertiary/aromatic N) is 5. The third-order valence-corrected chi connectivity index (χ3v) is 6.90. The van der Waals surface area contributed by atoms with Crippen molar-refractivity contribution in [3.05, 3.63) is 83.3 Å². The maximum absolute atomic E-state index is 13.2. The molecule has 2 N–H and O–H groups in total. The number of carbonyl (C=O) groups excluding carboxylic acids is 1. The van der Waals surface area contributed by atoms with Crippen LogP contribution >= 0.6 is 0 Å². The minimum Gasteiger partial charge on any atom is -0.492 e. The second-order valence-corrected chi connectivity index (χ2v) is 9.70. The van der Waals surface area contributed by atoms with Gasteiger partial charge in [-0.1, -0.05) is 12.6 Å². The summed E-state index contributed by atoms with van der Waals surface area (Å²) in [6.45, 7) is 11.7. The fraction of sp³-hybridized carbons (Fsp3) is 0.267. The zero-order valence-corrected chi connectivity index (χ0v) is 23.0. The predicted molar refractivity (Wildman–Crippen MR) is 159 cm³/mol. The summed E-state index contributed by atoms with van der Waals surface area (Å²) in [4.78, 5) is 39.0. The average Bonchev–Trinajstić information content (AvgIpc) is 2.94. The number of carbonyl (C=O) groups is 1. The van der Waals surface area contributed by atoms with E-state index < -0.39 is 0 Å². The topological polar surface area (TPSA) is 105 Å². The molecule has 0 radical (unpaired) electrons. The molecule has 1 aliphatic heterocycles. The first-order valence-corrected chi connectivity index (χ1v) is 13.3. The summed E-state index contributed by atoms with van der Waals surface area (Å²) in [7, 11) is 2.14. The molecule has 0 saturated carbocycles. The molecule has 1 saturated heterocycles. The van der Waals surface area contributed by atoms with Gasteiger partial charge < -0.3 is 25.2 Å². The van der Waals surface area contributed by atoms with E-state index in [2.05, 4.69) is 45.1 Å². The molecular formula is C30H33N7O3. The van der Waals surface area contributed by atoms with Crippen LogP contribution in [0.5, 0.6) is 5.75 Å². The van der Waals surface area contributed by atoms with Gasteiger partial charge in [0.25, 0.3) is 5.56 Å². The summed E-state index contributed by atoms with van der Waals surface area (Å²) in [6.07, 6.45) is 2.90. The number of likely N-dealkylation sites (N-methyl/N-ethyl adjacent to an activating group) is 1. The number of hydrogen-bond acceptors (Lipinski definition) is 8. The van der Waals surface area contributed by atoms with Crippen LogP contribution in [0, 0.1) is 6.92 Å². The van der Waals surface area contributed by atoms with Gasteiger partial charge in [-0.2, -0.15) is 4.98 Å². The van der Waals surface area contributed by atoms with Gasteiger partial charge in [0.2, 0.25) is 11.9 Å². The summed E-state index contributed by atoms with van der Waals surface area (Å²) in [6, 6.07) is 14.7. The van der Waals surface area contributed by atoms with E-state index in [0.717, 1.165) is 48.5 Å². The van der Waals surface area contributed by atoms with E-state index in [0.29, 0.717) is 35.3 Å². The van der Waals surface area contributed by atoms with Crippen molar-refractivity contribution in [3.63, 3.8) is 0 Å². The molecule has 40 heavy (non-hydrogen) atoms. The van der Waals surface area contributed by atoms with E-state index in [1.54, 1.807) is 36.5 Å². The molecule has 0 unspecified atom stereocenters. The lowest BCUT2D eigenvalue weighted by Gasteiger charge is -2.34. The maximum Gasteiger partial charge on any atom is 0.257 e. The van der Waals surface area contributed by atoms with E-state index in [1.807, 2.05) is 26.0 Å². The van der Waals surface area contributed by atoms with Crippen LogP contribution in [0.2, 0.25) is 0 Å². The number of hydrogen-bond donors (Lipinski definition) is 2. The summed E-state index contributed by atoms with van der Waals surface area (Å²) in [5.74, 6) is 0.696. The summed E-state index contributed by atoms with van der Waals surface area (Å²) in [5, 5.41) is 6.77. The number of benzene rings is 2. The number of ether oxygens (including phenoxy) is 1. The monoisotopic (exact) mass is 539 g/mol. The first-order chi connectivity index (χ1) is 19.4. The Balaban J connectivity index is 1.52. The van der Waals surface area contributed by atoms with Crippen molar-refractivity contribution in [2.45, 2.75) is 13.8 Å². The van der Waals surface area contributed by atoms with Crippen LogP contribution in [0.3, 0.4) is 0 Å². The van der Waals surface area contributed by atoms with Crippen molar-refractivity contribution in [1.82, 2.24) is 19.4 Å². The maximum atomic E-state index is 13.2. The van der Waals surface area contributed by atoms with Crippen LogP contribution in [0.25, 0.3) is 16.7 Å². The molecule has 10 heteroatoms. The van der Waals surface area contributed by atoms with Crippen LogP contribution in [-0.4, -0.2) is 65.2 Å². The van der Waals surface area contributed by atoms with Crippen molar-refractivity contribution in [1.29, 1.82) is 0 Å². The third-order valence-electron chi connectivity index (χ3n) is 6.90. The van der Waals surface area contributed by atoms with Gasteiger partial charge in [0.15, 0.2) is 5.65 Å². The Bertz CT molecular complexity index is 1620. The molecular weight excluding hydrogens is 506 g/mol. The van der Waals surface area contributed by atoms with E-state index in [-0.39, 0.29) is 11.5 Å². The van der Waals surface area contributed by atoms with Gasteiger partial charge in [-0.05, 0) is 62.9 Å². The van der Waals surface area contributed by atoms with Crippen LogP contribution in [0.4, 0.5) is 23.0 Å².